The number of aromatic nitrogens is 1. The first-order chi connectivity index (χ1) is 14.2. The summed E-state index contributed by atoms with van der Waals surface area (Å²) in [5, 5.41) is 3.97. The summed E-state index contributed by atoms with van der Waals surface area (Å²) in [4.78, 5) is 18.4. The van der Waals surface area contributed by atoms with Crippen LogP contribution in [0.3, 0.4) is 0 Å². The highest BCUT2D eigenvalue weighted by atomic mass is 19.1. The Hall–Kier alpha value is -2.70. The molecule has 1 amide bonds. The number of piperazine rings is 1. The number of H-pyrrole nitrogens is 1. The van der Waals surface area contributed by atoms with Crippen LogP contribution in [0.25, 0.3) is 10.9 Å². The smallest absolute Gasteiger partial charge is 0.279 e. The van der Waals surface area contributed by atoms with Crippen molar-refractivity contribution in [3.8, 4) is 0 Å². The van der Waals surface area contributed by atoms with Gasteiger partial charge in [0.25, 0.3) is 5.91 Å². The summed E-state index contributed by atoms with van der Waals surface area (Å²) in [6.45, 7) is 5.88. The zero-order valence-corrected chi connectivity index (χ0v) is 16.6. The van der Waals surface area contributed by atoms with Crippen molar-refractivity contribution in [2.75, 3.05) is 44.6 Å². The number of aryl methyl sites for hydroxylation is 1. The Bertz CT molecular complexity index is 948. The van der Waals surface area contributed by atoms with E-state index in [1.165, 1.54) is 16.5 Å². The van der Waals surface area contributed by atoms with Crippen LogP contribution < -0.4 is 15.1 Å². The molecule has 1 aliphatic rings. The van der Waals surface area contributed by atoms with Gasteiger partial charge in [0, 0.05) is 29.2 Å². The fourth-order valence-corrected chi connectivity index (χ4v) is 4.22. The molecular weight excluding hydrogens is 367 g/mol. The lowest BCUT2D eigenvalue weighted by Crippen LogP contribution is -3.28. The first kappa shape index (κ1) is 19.6. The van der Waals surface area contributed by atoms with Gasteiger partial charge in [0.15, 0.2) is 6.54 Å². The molecule has 2 aromatic carbocycles. The van der Waals surface area contributed by atoms with Crippen molar-refractivity contribution in [1.29, 1.82) is 0 Å². The van der Waals surface area contributed by atoms with Gasteiger partial charge in [-0.2, -0.15) is 0 Å². The standard InChI is InChI=1S/C23H27FN4O/c24-19-8-9-22-21(15-19)18(16-25-22)5-4-10-27-11-13-28(14-12-27)17-23(29)26-20-6-2-1-3-7-20/h1-3,6-9,15-16,25H,4-5,10-14,17H2,(H,26,29)/p+2. The number of hydrogen-bond acceptors (Lipinski definition) is 1. The van der Waals surface area contributed by atoms with E-state index in [-0.39, 0.29) is 11.7 Å². The Morgan fingerprint density at radius 3 is 2.59 bits per heavy atom. The number of fused-ring (bicyclic) bond motifs is 1. The number of quaternary nitrogens is 2. The molecule has 6 heteroatoms. The van der Waals surface area contributed by atoms with Crippen LogP contribution >= 0.6 is 0 Å². The number of nitrogens with one attached hydrogen (secondary N) is 4. The van der Waals surface area contributed by atoms with Crippen molar-refractivity contribution in [2.24, 2.45) is 0 Å². The zero-order valence-electron chi connectivity index (χ0n) is 16.6. The maximum atomic E-state index is 13.5. The lowest BCUT2D eigenvalue weighted by atomic mass is 10.1. The molecule has 4 N–H and O–H groups in total. The third-order valence-electron chi connectivity index (χ3n) is 5.84. The molecule has 0 bridgehead atoms. The van der Waals surface area contributed by atoms with Crippen LogP contribution in [0.15, 0.2) is 54.7 Å². The Labute approximate surface area is 170 Å². The summed E-state index contributed by atoms with van der Waals surface area (Å²) in [6, 6.07) is 14.5. The van der Waals surface area contributed by atoms with Crippen LogP contribution in [0.4, 0.5) is 10.1 Å². The number of benzene rings is 2. The second kappa shape index (κ2) is 9.20. The topological polar surface area (TPSA) is 53.8 Å². The maximum Gasteiger partial charge on any atom is 0.279 e. The van der Waals surface area contributed by atoms with Gasteiger partial charge in [-0.3, -0.25) is 4.79 Å². The molecule has 29 heavy (non-hydrogen) atoms. The molecule has 0 radical (unpaired) electrons. The van der Waals surface area contributed by atoms with E-state index >= 15 is 0 Å². The Morgan fingerprint density at radius 1 is 1.03 bits per heavy atom. The molecule has 1 saturated heterocycles. The molecule has 1 aliphatic heterocycles. The van der Waals surface area contributed by atoms with Gasteiger partial charge in [-0.15, -0.1) is 0 Å². The van der Waals surface area contributed by atoms with E-state index in [1.54, 1.807) is 17.0 Å². The Morgan fingerprint density at radius 2 is 1.79 bits per heavy atom. The lowest BCUT2D eigenvalue weighted by Gasteiger charge is -2.29. The lowest BCUT2D eigenvalue weighted by molar-refractivity contribution is -1.01. The highest BCUT2D eigenvalue weighted by Crippen LogP contribution is 2.20. The number of hydrogen-bond donors (Lipinski definition) is 4. The number of carbonyl (C=O) groups excluding carboxylic acids is 1. The molecule has 152 valence electrons. The summed E-state index contributed by atoms with van der Waals surface area (Å²) in [6.07, 6.45) is 4.05. The summed E-state index contributed by atoms with van der Waals surface area (Å²) < 4.78 is 13.5. The number of carbonyl (C=O) groups is 1. The van der Waals surface area contributed by atoms with Crippen LogP contribution in [0, 0.1) is 5.82 Å². The van der Waals surface area contributed by atoms with Crippen LogP contribution in [0.1, 0.15) is 12.0 Å². The number of halogens is 1. The Balaban J connectivity index is 1.18. The second-order valence-corrected chi connectivity index (χ2v) is 7.95. The maximum absolute atomic E-state index is 13.5. The molecule has 0 unspecified atom stereocenters. The average molecular weight is 397 g/mol. The minimum atomic E-state index is -0.181. The van der Waals surface area contributed by atoms with Crippen molar-refractivity contribution in [2.45, 2.75) is 12.8 Å². The van der Waals surface area contributed by atoms with Crippen molar-refractivity contribution in [3.05, 3.63) is 66.1 Å². The number of rotatable bonds is 7. The van der Waals surface area contributed by atoms with Crippen molar-refractivity contribution < 1.29 is 19.0 Å². The van der Waals surface area contributed by atoms with E-state index in [9.17, 15) is 9.18 Å². The molecule has 4 rings (SSSR count). The molecule has 1 aromatic heterocycles. The van der Waals surface area contributed by atoms with Gasteiger partial charge in [-0.1, -0.05) is 18.2 Å². The number of anilines is 1. The van der Waals surface area contributed by atoms with Crippen LogP contribution in [0.2, 0.25) is 0 Å². The fourth-order valence-electron chi connectivity index (χ4n) is 4.22. The molecule has 0 atom stereocenters. The minimum absolute atomic E-state index is 0.0845. The number of para-hydroxylation sites is 1. The predicted molar refractivity (Wildman–Crippen MR) is 113 cm³/mol. The summed E-state index contributed by atoms with van der Waals surface area (Å²) in [7, 11) is 0. The van der Waals surface area contributed by atoms with E-state index in [2.05, 4.69) is 10.3 Å². The molecule has 0 saturated carbocycles. The van der Waals surface area contributed by atoms with Gasteiger partial charge >= 0.3 is 0 Å². The first-order valence-electron chi connectivity index (χ1n) is 10.4. The quantitative estimate of drug-likeness (QED) is 0.466. The molecular formula is C23H29FN4O+2. The molecule has 2 heterocycles. The molecule has 3 aromatic rings. The number of amides is 1. The molecule has 1 fully saturated rings. The zero-order chi connectivity index (χ0) is 20.1. The average Bonchev–Trinajstić information content (AvgIpc) is 3.12. The van der Waals surface area contributed by atoms with Crippen molar-refractivity contribution in [3.63, 3.8) is 0 Å². The van der Waals surface area contributed by atoms with Gasteiger partial charge in [0.1, 0.15) is 32.0 Å². The van der Waals surface area contributed by atoms with Crippen LogP contribution in [-0.2, 0) is 11.2 Å². The molecule has 0 aliphatic carbocycles. The van der Waals surface area contributed by atoms with E-state index in [1.807, 2.05) is 36.5 Å². The molecule has 0 spiro atoms. The van der Waals surface area contributed by atoms with Gasteiger partial charge < -0.3 is 20.1 Å². The van der Waals surface area contributed by atoms with Crippen molar-refractivity contribution >= 4 is 22.5 Å². The minimum Gasteiger partial charge on any atom is -0.361 e. The summed E-state index contributed by atoms with van der Waals surface area (Å²) in [5.41, 5.74) is 3.05. The van der Waals surface area contributed by atoms with Gasteiger partial charge in [-0.05, 0) is 42.3 Å². The summed E-state index contributed by atoms with van der Waals surface area (Å²) >= 11 is 0. The van der Waals surface area contributed by atoms with Gasteiger partial charge in [0.05, 0.1) is 6.54 Å². The van der Waals surface area contributed by atoms with Crippen LogP contribution in [-0.4, -0.2) is 50.2 Å². The van der Waals surface area contributed by atoms with Crippen LogP contribution in [0.5, 0.6) is 0 Å². The third-order valence-corrected chi connectivity index (χ3v) is 5.84. The van der Waals surface area contributed by atoms with Gasteiger partial charge in [-0.25, -0.2) is 4.39 Å². The SMILES string of the molecule is O=C(C[NH+]1CC[NH+](CCCc2c[nH]c3ccc(F)cc23)CC1)Nc1ccccc1. The highest BCUT2D eigenvalue weighted by molar-refractivity contribution is 5.91. The van der Waals surface area contributed by atoms with E-state index in [0.29, 0.717) is 6.54 Å². The van der Waals surface area contributed by atoms with E-state index in [4.69, 9.17) is 0 Å². The van der Waals surface area contributed by atoms with Crippen molar-refractivity contribution in [1.82, 2.24) is 4.98 Å². The third kappa shape index (κ3) is 5.22. The fraction of sp³-hybridized carbons (Fsp3) is 0.348. The van der Waals surface area contributed by atoms with E-state index < -0.39 is 0 Å². The Kier molecular flexibility index (Phi) is 6.22. The highest BCUT2D eigenvalue weighted by Gasteiger charge is 2.24. The molecule has 5 nitrogen and oxygen atoms in total. The monoisotopic (exact) mass is 396 g/mol. The van der Waals surface area contributed by atoms with E-state index in [0.717, 1.165) is 62.2 Å². The largest absolute Gasteiger partial charge is 0.361 e. The second-order valence-electron chi connectivity index (χ2n) is 7.95. The predicted octanol–water partition coefficient (Wildman–Crippen LogP) is 0.662. The normalized spacial score (nSPS) is 19.3. The first-order valence-corrected chi connectivity index (χ1v) is 10.4. The van der Waals surface area contributed by atoms with Gasteiger partial charge in [0.2, 0.25) is 0 Å². The number of aromatic amines is 1. The summed E-state index contributed by atoms with van der Waals surface area (Å²) in [5.74, 6) is -0.0967.